The van der Waals surface area contributed by atoms with E-state index < -0.39 is 0 Å². The summed E-state index contributed by atoms with van der Waals surface area (Å²) in [5.74, 6) is 1.22. The number of aromatic nitrogens is 2. The fourth-order valence-electron chi connectivity index (χ4n) is 2.06. The number of hydrogen-bond acceptors (Lipinski definition) is 3. The number of rotatable bonds is 6. The zero-order valence-corrected chi connectivity index (χ0v) is 12.2. The highest BCUT2D eigenvalue weighted by atomic mass is 32.2. The molecule has 0 bridgehead atoms. The molecule has 0 aromatic carbocycles. The molecule has 0 amide bonds. The van der Waals surface area contributed by atoms with Crippen LogP contribution in [0.5, 0.6) is 0 Å². The highest BCUT2D eigenvalue weighted by molar-refractivity contribution is 7.98. The Kier molecular flexibility index (Phi) is 4.66. The molecular weight excluding hydrogens is 242 g/mol. The van der Waals surface area contributed by atoms with Gasteiger partial charge in [-0.25, -0.2) is 4.98 Å². The van der Waals surface area contributed by atoms with E-state index in [1.807, 2.05) is 30.2 Å². The lowest BCUT2D eigenvalue weighted by Gasteiger charge is -2.24. The zero-order chi connectivity index (χ0) is 13.0. The lowest BCUT2D eigenvalue weighted by molar-refractivity contribution is 0.241. The van der Waals surface area contributed by atoms with Crippen molar-refractivity contribution in [2.24, 2.45) is 0 Å². The molecule has 0 saturated carbocycles. The first-order chi connectivity index (χ1) is 8.72. The monoisotopic (exact) mass is 263 g/mol. The molecule has 0 spiro atoms. The molecule has 0 aliphatic carbocycles. The molecular formula is C14H21N3S. The summed E-state index contributed by atoms with van der Waals surface area (Å²) >= 11 is 1.92. The molecule has 0 fully saturated rings. The average Bonchev–Trinajstić information content (AvgIpc) is 2.85. The summed E-state index contributed by atoms with van der Waals surface area (Å²) in [4.78, 5) is 6.73. The molecule has 18 heavy (non-hydrogen) atoms. The van der Waals surface area contributed by atoms with Gasteiger partial charge in [-0.15, -0.1) is 0 Å². The first-order valence-electron chi connectivity index (χ1n) is 6.32. The van der Waals surface area contributed by atoms with Crippen LogP contribution in [0.1, 0.15) is 19.0 Å². The van der Waals surface area contributed by atoms with E-state index in [2.05, 4.69) is 46.6 Å². The quantitative estimate of drug-likeness (QED) is 0.799. The minimum atomic E-state index is 0.608. The highest BCUT2D eigenvalue weighted by Crippen LogP contribution is 2.12. The van der Waals surface area contributed by atoms with Crippen LogP contribution in [0.25, 0.3) is 5.65 Å². The van der Waals surface area contributed by atoms with E-state index in [1.54, 1.807) is 0 Å². The Morgan fingerprint density at radius 2 is 2.28 bits per heavy atom. The Balaban J connectivity index is 2.06. The van der Waals surface area contributed by atoms with Gasteiger partial charge in [0.15, 0.2) is 0 Å². The Bertz CT molecular complexity index is 494. The first kappa shape index (κ1) is 13.4. The van der Waals surface area contributed by atoms with Gasteiger partial charge >= 0.3 is 0 Å². The van der Waals surface area contributed by atoms with E-state index in [0.29, 0.717) is 6.04 Å². The fourth-order valence-corrected chi connectivity index (χ4v) is 2.63. The molecule has 2 aromatic rings. The van der Waals surface area contributed by atoms with E-state index in [4.69, 9.17) is 0 Å². The molecule has 2 rings (SSSR count). The van der Waals surface area contributed by atoms with Crippen LogP contribution in [0.3, 0.4) is 0 Å². The predicted octanol–water partition coefficient (Wildman–Crippen LogP) is 2.91. The molecule has 2 heterocycles. The maximum Gasteiger partial charge on any atom is 0.136 e. The number of pyridine rings is 1. The Morgan fingerprint density at radius 3 is 3.06 bits per heavy atom. The Hall–Kier alpha value is -1.00. The smallest absolute Gasteiger partial charge is 0.136 e. The molecule has 3 nitrogen and oxygen atoms in total. The van der Waals surface area contributed by atoms with E-state index in [0.717, 1.165) is 12.2 Å². The Labute approximate surface area is 113 Å². The van der Waals surface area contributed by atoms with Crippen molar-refractivity contribution in [1.29, 1.82) is 0 Å². The number of nitrogens with zero attached hydrogens (tertiary/aromatic N) is 3. The van der Waals surface area contributed by atoms with Crippen LogP contribution >= 0.6 is 11.8 Å². The molecule has 0 aliphatic rings. The van der Waals surface area contributed by atoms with Crippen molar-refractivity contribution in [2.75, 3.05) is 19.1 Å². The van der Waals surface area contributed by atoms with Gasteiger partial charge in [-0.05, 0) is 44.5 Å². The molecule has 1 unspecified atom stereocenters. The van der Waals surface area contributed by atoms with Crippen LogP contribution in [0.4, 0.5) is 0 Å². The van der Waals surface area contributed by atoms with Crippen molar-refractivity contribution in [2.45, 2.75) is 25.9 Å². The molecule has 2 aromatic heterocycles. The summed E-state index contributed by atoms with van der Waals surface area (Å²) in [6, 6.07) is 6.90. The molecule has 0 N–H and O–H groups in total. The van der Waals surface area contributed by atoms with Crippen molar-refractivity contribution in [3.8, 4) is 0 Å². The van der Waals surface area contributed by atoms with Crippen LogP contribution in [-0.2, 0) is 6.54 Å². The van der Waals surface area contributed by atoms with Crippen LogP contribution < -0.4 is 0 Å². The van der Waals surface area contributed by atoms with Gasteiger partial charge < -0.3 is 4.40 Å². The molecule has 0 aliphatic heterocycles. The van der Waals surface area contributed by atoms with Gasteiger partial charge in [-0.1, -0.05) is 6.07 Å². The number of imidazole rings is 1. The van der Waals surface area contributed by atoms with Crippen LogP contribution in [0.15, 0.2) is 30.6 Å². The average molecular weight is 263 g/mol. The van der Waals surface area contributed by atoms with Crippen molar-refractivity contribution < 1.29 is 0 Å². The van der Waals surface area contributed by atoms with Gasteiger partial charge in [0.25, 0.3) is 0 Å². The molecule has 1 atom stereocenters. The van der Waals surface area contributed by atoms with Gasteiger partial charge in [0.05, 0.1) is 0 Å². The van der Waals surface area contributed by atoms with E-state index in [1.165, 1.54) is 17.9 Å². The first-order valence-corrected chi connectivity index (χ1v) is 7.72. The lowest BCUT2D eigenvalue weighted by Crippen LogP contribution is -2.29. The summed E-state index contributed by atoms with van der Waals surface area (Å²) < 4.78 is 2.16. The van der Waals surface area contributed by atoms with E-state index >= 15 is 0 Å². The topological polar surface area (TPSA) is 20.5 Å². The third-order valence-corrected chi connectivity index (χ3v) is 4.06. The standard InChI is InChI=1S/C14H21N3S/c1-12(7-10-18-3)16(2)11-13-5-4-6-14-15-8-9-17(13)14/h4-6,8-9,12H,7,10-11H2,1-3H3. The van der Waals surface area contributed by atoms with E-state index in [9.17, 15) is 0 Å². The van der Waals surface area contributed by atoms with Crippen molar-refractivity contribution in [3.63, 3.8) is 0 Å². The summed E-state index contributed by atoms with van der Waals surface area (Å²) in [7, 11) is 2.20. The molecule has 0 radical (unpaired) electrons. The number of fused-ring (bicyclic) bond motifs is 1. The van der Waals surface area contributed by atoms with E-state index in [-0.39, 0.29) is 0 Å². The second-order valence-corrected chi connectivity index (χ2v) is 5.70. The molecule has 4 heteroatoms. The summed E-state index contributed by atoms with van der Waals surface area (Å²) in [5, 5.41) is 0. The minimum absolute atomic E-state index is 0.608. The third-order valence-electron chi connectivity index (χ3n) is 3.42. The highest BCUT2D eigenvalue weighted by Gasteiger charge is 2.10. The normalized spacial score (nSPS) is 13.3. The number of thioether (sulfide) groups is 1. The largest absolute Gasteiger partial charge is 0.303 e. The van der Waals surface area contributed by atoms with Gasteiger partial charge in [0.2, 0.25) is 0 Å². The second kappa shape index (κ2) is 6.25. The van der Waals surface area contributed by atoms with Crippen molar-refractivity contribution in [1.82, 2.24) is 14.3 Å². The lowest BCUT2D eigenvalue weighted by atomic mass is 10.2. The zero-order valence-electron chi connectivity index (χ0n) is 11.3. The third kappa shape index (κ3) is 3.06. The maximum atomic E-state index is 4.32. The van der Waals surface area contributed by atoms with Crippen LogP contribution in [0, 0.1) is 0 Å². The second-order valence-electron chi connectivity index (χ2n) is 4.72. The van der Waals surface area contributed by atoms with Gasteiger partial charge in [0, 0.05) is 30.7 Å². The van der Waals surface area contributed by atoms with Crippen LogP contribution in [0.2, 0.25) is 0 Å². The van der Waals surface area contributed by atoms with Gasteiger partial charge in [0.1, 0.15) is 5.65 Å². The maximum absolute atomic E-state index is 4.32. The molecule has 98 valence electrons. The van der Waals surface area contributed by atoms with Gasteiger partial charge in [-0.2, -0.15) is 11.8 Å². The van der Waals surface area contributed by atoms with Crippen LogP contribution in [-0.4, -0.2) is 39.4 Å². The Morgan fingerprint density at radius 1 is 1.44 bits per heavy atom. The SMILES string of the molecule is CSCCC(C)N(C)Cc1cccc2nccn12. The predicted molar refractivity (Wildman–Crippen MR) is 79.1 cm³/mol. The minimum Gasteiger partial charge on any atom is -0.303 e. The summed E-state index contributed by atoms with van der Waals surface area (Å²) in [5.41, 5.74) is 2.32. The van der Waals surface area contributed by atoms with Gasteiger partial charge in [-0.3, -0.25) is 4.90 Å². The number of hydrogen-bond donors (Lipinski definition) is 0. The summed E-state index contributed by atoms with van der Waals surface area (Å²) in [6.45, 7) is 3.26. The summed E-state index contributed by atoms with van der Waals surface area (Å²) in [6.07, 6.45) is 7.29. The van der Waals surface area contributed by atoms with Crippen molar-refractivity contribution >= 4 is 17.4 Å². The fraction of sp³-hybridized carbons (Fsp3) is 0.500. The molecule has 0 saturated heterocycles. The van der Waals surface area contributed by atoms with Crippen molar-refractivity contribution in [3.05, 3.63) is 36.3 Å².